The maximum atomic E-state index is 12.9. The molecule has 0 aliphatic heterocycles. The van der Waals surface area contributed by atoms with Gasteiger partial charge in [-0.05, 0) is 49.2 Å². The molecule has 0 unspecified atom stereocenters. The van der Waals surface area contributed by atoms with Crippen molar-refractivity contribution in [3.05, 3.63) is 57.6 Å². The Morgan fingerprint density at radius 2 is 1.61 bits per heavy atom. The minimum Gasteiger partial charge on any atom is -0.307 e. The summed E-state index contributed by atoms with van der Waals surface area (Å²) in [4.78, 5) is 12.0. The smallest absolute Gasteiger partial charge is 0.307 e. The van der Waals surface area contributed by atoms with Crippen molar-refractivity contribution in [1.29, 1.82) is 0 Å². The van der Waals surface area contributed by atoms with E-state index in [4.69, 9.17) is 0 Å². The maximum Gasteiger partial charge on any atom is 0.418 e. The second kappa shape index (κ2) is 6.62. The van der Waals surface area contributed by atoms with Crippen molar-refractivity contribution in [2.75, 3.05) is 10.6 Å². The summed E-state index contributed by atoms with van der Waals surface area (Å²) in [6.45, 7) is 3.61. The molecule has 0 aliphatic rings. The SMILES string of the molecule is Cc1cc(Br)cc(C)c1NC(=O)Nc1ccccc1C(F)(F)F. The van der Waals surface area contributed by atoms with Gasteiger partial charge in [-0.15, -0.1) is 0 Å². The second-order valence-corrected chi connectivity index (χ2v) is 5.95. The molecule has 2 rings (SSSR count). The molecule has 3 nitrogen and oxygen atoms in total. The van der Waals surface area contributed by atoms with Crippen LogP contribution in [0.4, 0.5) is 29.3 Å². The Kier molecular flexibility index (Phi) is 4.99. The van der Waals surface area contributed by atoms with E-state index in [1.165, 1.54) is 18.2 Å². The second-order valence-electron chi connectivity index (χ2n) is 5.04. The fourth-order valence-electron chi connectivity index (χ4n) is 2.21. The van der Waals surface area contributed by atoms with Crippen LogP contribution in [0.1, 0.15) is 16.7 Å². The summed E-state index contributed by atoms with van der Waals surface area (Å²) in [6.07, 6.45) is -4.53. The summed E-state index contributed by atoms with van der Waals surface area (Å²) in [5, 5.41) is 4.85. The first kappa shape index (κ1) is 17.3. The van der Waals surface area contributed by atoms with E-state index in [0.717, 1.165) is 21.7 Å². The van der Waals surface area contributed by atoms with Crippen LogP contribution >= 0.6 is 15.9 Å². The van der Waals surface area contributed by atoms with Crippen LogP contribution in [0.15, 0.2) is 40.9 Å². The van der Waals surface area contributed by atoms with Crippen LogP contribution in [0.3, 0.4) is 0 Å². The number of carbonyl (C=O) groups excluding carboxylic acids is 1. The minimum atomic E-state index is -4.53. The molecule has 2 aromatic carbocycles. The van der Waals surface area contributed by atoms with Crippen LogP contribution in [0.5, 0.6) is 0 Å². The topological polar surface area (TPSA) is 41.1 Å². The van der Waals surface area contributed by atoms with Gasteiger partial charge in [-0.2, -0.15) is 13.2 Å². The highest BCUT2D eigenvalue weighted by atomic mass is 79.9. The highest BCUT2D eigenvalue weighted by Gasteiger charge is 2.33. The molecule has 0 fully saturated rings. The van der Waals surface area contributed by atoms with Gasteiger partial charge >= 0.3 is 12.2 Å². The number of hydrogen-bond acceptors (Lipinski definition) is 1. The number of anilines is 2. The first-order chi connectivity index (χ1) is 10.7. The molecule has 7 heteroatoms. The Morgan fingerprint density at radius 3 is 2.17 bits per heavy atom. The number of carbonyl (C=O) groups is 1. The zero-order chi connectivity index (χ0) is 17.2. The Morgan fingerprint density at radius 1 is 1.04 bits per heavy atom. The number of rotatable bonds is 2. The Labute approximate surface area is 140 Å². The lowest BCUT2D eigenvalue weighted by molar-refractivity contribution is -0.136. The number of amides is 2. The maximum absolute atomic E-state index is 12.9. The molecule has 0 saturated carbocycles. The van der Waals surface area contributed by atoms with E-state index in [-0.39, 0.29) is 5.69 Å². The van der Waals surface area contributed by atoms with Crippen LogP contribution in [-0.4, -0.2) is 6.03 Å². The molecule has 23 heavy (non-hydrogen) atoms. The largest absolute Gasteiger partial charge is 0.418 e. The zero-order valence-electron chi connectivity index (χ0n) is 12.4. The zero-order valence-corrected chi connectivity index (χ0v) is 14.0. The molecule has 0 heterocycles. The first-order valence-electron chi connectivity index (χ1n) is 6.69. The number of nitrogens with one attached hydrogen (secondary N) is 2. The monoisotopic (exact) mass is 386 g/mol. The minimum absolute atomic E-state index is 0.287. The van der Waals surface area contributed by atoms with Crippen molar-refractivity contribution in [3.63, 3.8) is 0 Å². The third-order valence-corrected chi connectivity index (χ3v) is 3.67. The molecule has 0 aliphatic carbocycles. The molecule has 0 bridgehead atoms. The molecular weight excluding hydrogens is 373 g/mol. The average Bonchev–Trinajstić information content (AvgIpc) is 2.42. The summed E-state index contributed by atoms with van der Waals surface area (Å²) >= 11 is 3.35. The molecule has 2 amide bonds. The molecule has 0 radical (unpaired) electrons. The van der Waals surface area contributed by atoms with E-state index in [1.54, 1.807) is 13.8 Å². The van der Waals surface area contributed by atoms with Gasteiger partial charge in [0.15, 0.2) is 0 Å². The Bertz CT molecular complexity index is 721. The Balaban J connectivity index is 2.22. The number of hydrogen-bond donors (Lipinski definition) is 2. The van der Waals surface area contributed by atoms with Crippen LogP contribution in [0.2, 0.25) is 0 Å². The van der Waals surface area contributed by atoms with Gasteiger partial charge in [0.05, 0.1) is 11.3 Å². The van der Waals surface area contributed by atoms with Gasteiger partial charge in [0.25, 0.3) is 0 Å². The van der Waals surface area contributed by atoms with Gasteiger partial charge in [0.2, 0.25) is 0 Å². The summed E-state index contributed by atoms with van der Waals surface area (Å²) in [5.74, 6) is 0. The van der Waals surface area contributed by atoms with Crippen molar-refractivity contribution in [3.8, 4) is 0 Å². The number of benzene rings is 2. The van der Waals surface area contributed by atoms with Crippen molar-refractivity contribution in [1.82, 2.24) is 0 Å². The van der Waals surface area contributed by atoms with Gasteiger partial charge in [0, 0.05) is 10.2 Å². The molecule has 0 aromatic heterocycles. The van der Waals surface area contributed by atoms with E-state index in [2.05, 4.69) is 26.6 Å². The Hall–Kier alpha value is -2.02. The number of halogens is 4. The third kappa shape index (κ3) is 4.25. The van der Waals surface area contributed by atoms with Crippen molar-refractivity contribution < 1.29 is 18.0 Å². The fraction of sp³-hybridized carbons (Fsp3) is 0.188. The van der Waals surface area contributed by atoms with Gasteiger partial charge in [-0.3, -0.25) is 0 Å². The molecule has 0 atom stereocenters. The van der Waals surface area contributed by atoms with Crippen molar-refractivity contribution in [2.24, 2.45) is 0 Å². The van der Waals surface area contributed by atoms with E-state index in [1.807, 2.05) is 12.1 Å². The molecule has 122 valence electrons. The lowest BCUT2D eigenvalue weighted by Crippen LogP contribution is -2.22. The molecule has 2 aromatic rings. The standard InChI is InChI=1S/C16H14BrF3N2O/c1-9-7-11(17)8-10(2)14(9)22-15(23)21-13-6-4-3-5-12(13)16(18,19)20/h3-8H,1-2H3,(H2,21,22,23). The molecule has 0 spiro atoms. The normalized spacial score (nSPS) is 11.2. The van der Waals surface area contributed by atoms with Crippen LogP contribution < -0.4 is 10.6 Å². The highest BCUT2D eigenvalue weighted by Crippen LogP contribution is 2.34. The first-order valence-corrected chi connectivity index (χ1v) is 7.49. The summed E-state index contributed by atoms with van der Waals surface area (Å²) in [6, 6.07) is 7.74. The summed E-state index contributed by atoms with van der Waals surface area (Å²) in [7, 11) is 0. The quantitative estimate of drug-likeness (QED) is 0.679. The number of urea groups is 1. The lowest BCUT2D eigenvalue weighted by Gasteiger charge is -2.16. The van der Waals surface area contributed by atoms with Gasteiger partial charge in [-0.1, -0.05) is 28.1 Å². The third-order valence-electron chi connectivity index (χ3n) is 3.22. The molecule has 0 saturated heterocycles. The van der Waals surface area contributed by atoms with Gasteiger partial charge in [0.1, 0.15) is 0 Å². The van der Waals surface area contributed by atoms with Crippen LogP contribution in [0.25, 0.3) is 0 Å². The lowest BCUT2D eigenvalue weighted by atomic mass is 10.1. The number of aryl methyl sites for hydroxylation is 2. The van der Waals surface area contributed by atoms with E-state index in [0.29, 0.717) is 5.69 Å². The summed E-state index contributed by atoms with van der Waals surface area (Å²) in [5.41, 5.74) is 0.992. The predicted octanol–water partition coefficient (Wildman–Crippen LogP) is 5.73. The number of para-hydroxylation sites is 1. The van der Waals surface area contributed by atoms with Crippen LogP contribution in [-0.2, 0) is 6.18 Å². The van der Waals surface area contributed by atoms with E-state index in [9.17, 15) is 18.0 Å². The van der Waals surface area contributed by atoms with Crippen molar-refractivity contribution >= 4 is 33.3 Å². The predicted molar refractivity (Wildman–Crippen MR) is 87.7 cm³/mol. The highest BCUT2D eigenvalue weighted by molar-refractivity contribution is 9.10. The van der Waals surface area contributed by atoms with E-state index < -0.39 is 17.8 Å². The molecular formula is C16H14BrF3N2O. The van der Waals surface area contributed by atoms with E-state index >= 15 is 0 Å². The van der Waals surface area contributed by atoms with Crippen molar-refractivity contribution in [2.45, 2.75) is 20.0 Å². The summed E-state index contributed by atoms with van der Waals surface area (Å²) < 4.78 is 39.6. The fourth-order valence-corrected chi connectivity index (χ4v) is 2.90. The number of alkyl halides is 3. The van der Waals surface area contributed by atoms with Gasteiger partial charge < -0.3 is 10.6 Å². The van der Waals surface area contributed by atoms with Crippen LogP contribution in [0, 0.1) is 13.8 Å². The van der Waals surface area contributed by atoms with Gasteiger partial charge in [-0.25, -0.2) is 4.79 Å². The molecule has 2 N–H and O–H groups in total. The average molecular weight is 387 g/mol.